The molecule has 5 heteroatoms. The summed E-state index contributed by atoms with van der Waals surface area (Å²) in [5.41, 5.74) is 1.03. The first-order valence-electron chi connectivity index (χ1n) is 6.86. The van der Waals surface area contributed by atoms with Crippen molar-refractivity contribution < 1.29 is 9.90 Å². The van der Waals surface area contributed by atoms with Crippen molar-refractivity contribution in [1.29, 1.82) is 0 Å². The minimum absolute atomic E-state index is 0.300. The molecule has 1 unspecified atom stereocenters. The van der Waals surface area contributed by atoms with Crippen LogP contribution in [0.1, 0.15) is 32.4 Å². The maximum Gasteiger partial charge on any atom is 0.308 e. The van der Waals surface area contributed by atoms with Gasteiger partial charge in [0, 0.05) is 25.0 Å². The molecule has 1 saturated heterocycles. The van der Waals surface area contributed by atoms with Crippen molar-refractivity contribution >= 4 is 11.9 Å². The third kappa shape index (κ3) is 3.66. The lowest BCUT2D eigenvalue weighted by Crippen LogP contribution is -2.39. The summed E-state index contributed by atoms with van der Waals surface area (Å²) in [5, 5.41) is 9.11. The fourth-order valence-electron chi connectivity index (χ4n) is 2.43. The Hall–Kier alpha value is -1.65. The van der Waals surface area contributed by atoms with E-state index in [2.05, 4.69) is 23.8 Å². The number of piperidine rings is 1. The van der Waals surface area contributed by atoms with Crippen molar-refractivity contribution in [3.63, 3.8) is 0 Å². The Morgan fingerprint density at radius 2 is 2.37 bits per heavy atom. The van der Waals surface area contributed by atoms with Crippen LogP contribution in [0.25, 0.3) is 0 Å². The molecule has 1 aliphatic heterocycles. The molecule has 0 amide bonds. The van der Waals surface area contributed by atoms with Gasteiger partial charge in [-0.1, -0.05) is 13.8 Å². The van der Waals surface area contributed by atoms with Gasteiger partial charge in [-0.15, -0.1) is 0 Å². The summed E-state index contributed by atoms with van der Waals surface area (Å²) in [6, 6.07) is 1.93. The minimum Gasteiger partial charge on any atom is -0.481 e. The zero-order valence-electron chi connectivity index (χ0n) is 11.5. The summed E-state index contributed by atoms with van der Waals surface area (Å²) < 4.78 is 0. The largest absolute Gasteiger partial charge is 0.481 e. The first kappa shape index (κ1) is 13.8. The number of aromatic nitrogens is 2. The molecule has 0 saturated carbocycles. The fourth-order valence-corrected chi connectivity index (χ4v) is 2.43. The van der Waals surface area contributed by atoms with Crippen LogP contribution < -0.4 is 4.90 Å². The molecule has 1 N–H and O–H groups in total. The van der Waals surface area contributed by atoms with Gasteiger partial charge in [0.15, 0.2) is 0 Å². The van der Waals surface area contributed by atoms with Crippen molar-refractivity contribution in [1.82, 2.24) is 9.97 Å². The highest BCUT2D eigenvalue weighted by Gasteiger charge is 2.26. The molecule has 1 aromatic rings. The normalized spacial score (nSPS) is 19.7. The molecule has 0 spiro atoms. The predicted octanol–water partition coefficient (Wildman–Crippen LogP) is 1.98. The van der Waals surface area contributed by atoms with Gasteiger partial charge < -0.3 is 10.0 Å². The number of carboxylic acid groups (broad SMARTS) is 1. The van der Waals surface area contributed by atoms with Gasteiger partial charge in [-0.05, 0) is 31.2 Å². The Balaban J connectivity index is 2.10. The average Bonchev–Trinajstić information content (AvgIpc) is 2.38. The average molecular weight is 263 g/mol. The van der Waals surface area contributed by atoms with Crippen molar-refractivity contribution in [2.45, 2.75) is 33.1 Å². The van der Waals surface area contributed by atoms with E-state index in [4.69, 9.17) is 5.11 Å². The monoisotopic (exact) mass is 263 g/mol. The molecule has 0 bridgehead atoms. The molecule has 5 nitrogen and oxygen atoms in total. The standard InChI is InChI=1S/C14H21N3O2/c1-10(2)8-12-5-6-15-14(16-12)17-7-3-4-11(9-17)13(18)19/h5-6,10-11H,3-4,7-9H2,1-2H3,(H,18,19). The van der Waals surface area contributed by atoms with Crippen LogP contribution in [0.5, 0.6) is 0 Å². The zero-order chi connectivity index (χ0) is 13.8. The molecule has 19 heavy (non-hydrogen) atoms. The maximum absolute atomic E-state index is 11.1. The number of hydrogen-bond acceptors (Lipinski definition) is 4. The highest BCUT2D eigenvalue weighted by atomic mass is 16.4. The summed E-state index contributed by atoms with van der Waals surface area (Å²) in [6.07, 6.45) is 4.32. The van der Waals surface area contributed by atoms with Gasteiger partial charge >= 0.3 is 5.97 Å². The van der Waals surface area contributed by atoms with Gasteiger partial charge in [0.05, 0.1) is 5.92 Å². The summed E-state index contributed by atoms with van der Waals surface area (Å²) in [5.74, 6) is 0.203. The van der Waals surface area contributed by atoms with E-state index in [9.17, 15) is 4.79 Å². The minimum atomic E-state index is -0.719. The highest BCUT2D eigenvalue weighted by molar-refractivity contribution is 5.71. The lowest BCUT2D eigenvalue weighted by Gasteiger charge is -2.30. The van der Waals surface area contributed by atoms with Gasteiger partial charge in [-0.3, -0.25) is 4.79 Å². The van der Waals surface area contributed by atoms with E-state index < -0.39 is 5.97 Å². The van der Waals surface area contributed by atoms with E-state index in [1.807, 2.05) is 11.0 Å². The third-order valence-electron chi connectivity index (χ3n) is 3.37. The second-order valence-electron chi connectivity index (χ2n) is 5.57. The van der Waals surface area contributed by atoms with Crippen LogP contribution in [-0.4, -0.2) is 34.1 Å². The number of hydrogen-bond donors (Lipinski definition) is 1. The Morgan fingerprint density at radius 1 is 1.58 bits per heavy atom. The second-order valence-corrected chi connectivity index (χ2v) is 5.57. The molecular formula is C14H21N3O2. The molecule has 1 fully saturated rings. The van der Waals surface area contributed by atoms with Crippen LogP contribution in [0.4, 0.5) is 5.95 Å². The molecule has 104 valence electrons. The first-order chi connectivity index (χ1) is 9.06. The molecule has 0 radical (unpaired) electrons. The van der Waals surface area contributed by atoms with Crippen molar-refractivity contribution in [3.05, 3.63) is 18.0 Å². The highest BCUT2D eigenvalue weighted by Crippen LogP contribution is 2.20. The number of aliphatic carboxylic acids is 1. The smallest absolute Gasteiger partial charge is 0.308 e. The van der Waals surface area contributed by atoms with Crippen molar-refractivity contribution in [3.8, 4) is 0 Å². The number of anilines is 1. The fraction of sp³-hybridized carbons (Fsp3) is 0.643. The zero-order valence-corrected chi connectivity index (χ0v) is 11.5. The lowest BCUT2D eigenvalue weighted by molar-refractivity contribution is -0.141. The molecule has 1 aliphatic rings. The Kier molecular flexibility index (Phi) is 4.35. The van der Waals surface area contributed by atoms with Gasteiger partial charge in [0.1, 0.15) is 0 Å². The number of nitrogens with zero attached hydrogens (tertiary/aromatic N) is 3. The van der Waals surface area contributed by atoms with E-state index in [-0.39, 0.29) is 5.92 Å². The van der Waals surface area contributed by atoms with Gasteiger partial charge in [0.2, 0.25) is 5.95 Å². The summed E-state index contributed by atoms with van der Waals surface area (Å²) in [7, 11) is 0. The summed E-state index contributed by atoms with van der Waals surface area (Å²) >= 11 is 0. The van der Waals surface area contributed by atoms with Crippen LogP contribution in [0.2, 0.25) is 0 Å². The topological polar surface area (TPSA) is 66.3 Å². The molecular weight excluding hydrogens is 242 g/mol. The van der Waals surface area contributed by atoms with Crippen LogP contribution >= 0.6 is 0 Å². The third-order valence-corrected chi connectivity index (χ3v) is 3.37. The number of rotatable bonds is 4. The summed E-state index contributed by atoms with van der Waals surface area (Å²) in [6.45, 7) is 5.67. The number of carbonyl (C=O) groups is 1. The van der Waals surface area contributed by atoms with Gasteiger partial charge in [-0.2, -0.15) is 0 Å². The van der Waals surface area contributed by atoms with E-state index in [0.717, 1.165) is 31.5 Å². The number of carboxylic acids is 1. The first-order valence-corrected chi connectivity index (χ1v) is 6.86. The molecule has 0 aliphatic carbocycles. The Labute approximate surface area is 113 Å². The summed E-state index contributed by atoms with van der Waals surface area (Å²) in [4.78, 5) is 21.9. The maximum atomic E-state index is 11.1. The van der Waals surface area contributed by atoms with Crippen LogP contribution in [0.15, 0.2) is 12.3 Å². The molecule has 0 aromatic carbocycles. The molecule has 2 rings (SSSR count). The molecule has 2 heterocycles. The predicted molar refractivity (Wildman–Crippen MR) is 73.1 cm³/mol. The van der Waals surface area contributed by atoms with E-state index >= 15 is 0 Å². The van der Waals surface area contributed by atoms with E-state index in [1.165, 1.54) is 0 Å². The van der Waals surface area contributed by atoms with E-state index in [1.54, 1.807) is 6.20 Å². The SMILES string of the molecule is CC(C)Cc1ccnc(N2CCCC(C(=O)O)C2)n1. The van der Waals surface area contributed by atoms with Crippen molar-refractivity contribution in [2.75, 3.05) is 18.0 Å². The van der Waals surface area contributed by atoms with Crippen LogP contribution in [0, 0.1) is 11.8 Å². The van der Waals surface area contributed by atoms with Crippen LogP contribution in [-0.2, 0) is 11.2 Å². The van der Waals surface area contributed by atoms with Gasteiger partial charge in [0.25, 0.3) is 0 Å². The van der Waals surface area contributed by atoms with E-state index in [0.29, 0.717) is 18.4 Å². The molecule has 1 atom stereocenters. The molecule has 1 aromatic heterocycles. The van der Waals surface area contributed by atoms with Crippen molar-refractivity contribution in [2.24, 2.45) is 11.8 Å². The van der Waals surface area contributed by atoms with Crippen LogP contribution in [0.3, 0.4) is 0 Å². The lowest BCUT2D eigenvalue weighted by atomic mass is 9.99. The second kappa shape index (κ2) is 5.99. The Bertz CT molecular complexity index is 448. The Morgan fingerprint density at radius 3 is 3.05 bits per heavy atom. The quantitative estimate of drug-likeness (QED) is 0.899. The van der Waals surface area contributed by atoms with Gasteiger partial charge in [-0.25, -0.2) is 9.97 Å².